The second-order valence-corrected chi connectivity index (χ2v) is 5.37. The standard InChI is InChI=1S/C14H19ClN2O/c1-16-8-4-6-12(9-16)17(2)14-11(10-18)5-3-7-13(14)15/h3,5,7,10,12H,4,6,8-9H2,1-2H3. The molecule has 98 valence electrons. The maximum Gasteiger partial charge on any atom is 0.152 e. The molecule has 0 amide bonds. The van der Waals surface area contributed by atoms with Crippen molar-refractivity contribution in [3.8, 4) is 0 Å². The summed E-state index contributed by atoms with van der Waals surface area (Å²) in [5, 5.41) is 0.648. The summed E-state index contributed by atoms with van der Waals surface area (Å²) in [5.74, 6) is 0. The third kappa shape index (κ3) is 2.68. The first-order valence-corrected chi connectivity index (χ1v) is 6.66. The smallest absolute Gasteiger partial charge is 0.152 e. The zero-order valence-corrected chi connectivity index (χ0v) is 11.7. The Morgan fingerprint density at radius 1 is 1.50 bits per heavy atom. The summed E-state index contributed by atoms with van der Waals surface area (Å²) in [6, 6.07) is 5.89. The van der Waals surface area contributed by atoms with Crippen molar-refractivity contribution in [2.24, 2.45) is 0 Å². The van der Waals surface area contributed by atoms with Gasteiger partial charge in [0.2, 0.25) is 0 Å². The molecular weight excluding hydrogens is 248 g/mol. The van der Waals surface area contributed by atoms with Crippen molar-refractivity contribution < 1.29 is 4.79 Å². The van der Waals surface area contributed by atoms with Crippen molar-refractivity contribution in [3.63, 3.8) is 0 Å². The Balaban J connectivity index is 2.27. The molecule has 1 fully saturated rings. The van der Waals surface area contributed by atoms with Crippen LogP contribution in [0.2, 0.25) is 5.02 Å². The molecule has 1 aromatic carbocycles. The molecule has 0 aliphatic carbocycles. The Hall–Kier alpha value is -1.06. The number of aldehydes is 1. The van der Waals surface area contributed by atoms with Crippen LogP contribution in [0.3, 0.4) is 0 Å². The van der Waals surface area contributed by atoms with Crippen LogP contribution in [0.4, 0.5) is 5.69 Å². The number of likely N-dealkylation sites (tertiary alicyclic amines) is 1. The van der Waals surface area contributed by atoms with Crippen LogP contribution < -0.4 is 4.90 Å². The number of halogens is 1. The predicted molar refractivity (Wildman–Crippen MR) is 75.8 cm³/mol. The first-order valence-electron chi connectivity index (χ1n) is 6.28. The number of hydrogen-bond donors (Lipinski definition) is 0. The monoisotopic (exact) mass is 266 g/mol. The largest absolute Gasteiger partial charge is 0.369 e. The van der Waals surface area contributed by atoms with Crippen molar-refractivity contribution in [1.82, 2.24) is 4.90 Å². The number of carbonyl (C=O) groups excluding carboxylic acids is 1. The fraction of sp³-hybridized carbons (Fsp3) is 0.500. The van der Waals surface area contributed by atoms with Gasteiger partial charge in [-0.05, 0) is 38.6 Å². The summed E-state index contributed by atoms with van der Waals surface area (Å²) < 4.78 is 0. The summed E-state index contributed by atoms with van der Waals surface area (Å²) in [6.07, 6.45) is 3.21. The van der Waals surface area contributed by atoms with Crippen LogP contribution >= 0.6 is 11.6 Å². The minimum Gasteiger partial charge on any atom is -0.369 e. The maximum absolute atomic E-state index is 11.1. The van der Waals surface area contributed by atoms with E-state index in [1.54, 1.807) is 0 Å². The van der Waals surface area contributed by atoms with Crippen molar-refractivity contribution in [2.45, 2.75) is 18.9 Å². The van der Waals surface area contributed by atoms with Gasteiger partial charge in [-0.25, -0.2) is 0 Å². The highest BCUT2D eigenvalue weighted by atomic mass is 35.5. The van der Waals surface area contributed by atoms with Gasteiger partial charge in [0.25, 0.3) is 0 Å². The number of likely N-dealkylation sites (N-methyl/N-ethyl adjacent to an activating group) is 2. The molecule has 0 aromatic heterocycles. The summed E-state index contributed by atoms with van der Waals surface area (Å²) in [6.45, 7) is 2.16. The molecule has 0 N–H and O–H groups in total. The van der Waals surface area contributed by atoms with E-state index in [1.165, 1.54) is 6.42 Å². The number of rotatable bonds is 3. The van der Waals surface area contributed by atoms with Gasteiger partial charge >= 0.3 is 0 Å². The number of nitrogens with zero attached hydrogens (tertiary/aromatic N) is 2. The Morgan fingerprint density at radius 3 is 2.94 bits per heavy atom. The topological polar surface area (TPSA) is 23.6 Å². The van der Waals surface area contributed by atoms with Gasteiger partial charge in [0, 0.05) is 25.2 Å². The summed E-state index contributed by atoms with van der Waals surface area (Å²) in [5.41, 5.74) is 1.52. The van der Waals surface area contributed by atoms with Crippen LogP contribution in [0.5, 0.6) is 0 Å². The number of hydrogen-bond acceptors (Lipinski definition) is 3. The maximum atomic E-state index is 11.1. The summed E-state index contributed by atoms with van der Waals surface area (Å²) in [4.78, 5) is 15.6. The highest BCUT2D eigenvalue weighted by Gasteiger charge is 2.24. The molecule has 18 heavy (non-hydrogen) atoms. The average molecular weight is 267 g/mol. The fourth-order valence-electron chi connectivity index (χ4n) is 2.64. The molecule has 1 aromatic rings. The first kappa shape index (κ1) is 13.4. The lowest BCUT2D eigenvalue weighted by Gasteiger charge is -2.37. The van der Waals surface area contributed by atoms with E-state index >= 15 is 0 Å². The van der Waals surface area contributed by atoms with Gasteiger partial charge in [-0.15, -0.1) is 0 Å². The lowest BCUT2D eigenvalue weighted by atomic mass is 10.0. The highest BCUT2D eigenvalue weighted by molar-refractivity contribution is 6.33. The summed E-state index contributed by atoms with van der Waals surface area (Å²) >= 11 is 6.24. The third-order valence-electron chi connectivity index (χ3n) is 3.64. The number of benzene rings is 1. The van der Waals surface area contributed by atoms with Crippen LogP contribution in [-0.2, 0) is 0 Å². The van der Waals surface area contributed by atoms with E-state index in [1.807, 2.05) is 25.2 Å². The minimum absolute atomic E-state index is 0.419. The molecular formula is C14H19ClN2O. The average Bonchev–Trinajstić information content (AvgIpc) is 2.37. The van der Waals surface area contributed by atoms with Gasteiger partial charge in [0.15, 0.2) is 6.29 Å². The molecule has 4 heteroatoms. The van der Waals surface area contributed by atoms with Gasteiger partial charge in [-0.2, -0.15) is 0 Å². The molecule has 1 aliphatic rings. The number of carbonyl (C=O) groups is 1. The van der Waals surface area contributed by atoms with Crippen molar-refractivity contribution >= 4 is 23.6 Å². The lowest BCUT2D eigenvalue weighted by molar-refractivity contribution is 0.112. The third-order valence-corrected chi connectivity index (χ3v) is 3.95. The molecule has 1 aliphatic heterocycles. The number of para-hydroxylation sites is 1. The molecule has 3 nitrogen and oxygen atoms in total. The zero-order chi connectivity index (χ0) is 13.1. The molecule has 1 heterocycles. The van der Waals surface area contributed by atoms with Crippen LogP contribution in [0.15, 0.2) is 18.2 Å². The van der Waals surface area contributed by atoms with E-state index in [-0.39, 0.29) is 0 Å². The normalized spacial score (nSPS) is 20.7. The van der Waals surface area contributed by atoms with E-state index < -0.39 is 0 Å². The van der Waals surface area contributed by atoms with E-state index in [0.29, 0.717) is 16.6 Å². The van der Waals surface area contributed by atoms with Gasteiger partial charge in [0.05, 0.1) is 10.7 Å². The molecule has 0 radical (unpaired) electrons. The van der Waals surface area contributed by atoms with E-state index in [9.17, 15) is 4.79 Å². The fourth-order valence-corrected chi connectivity index (χ4v) is 2.95. The molecule has 0 saturated carbocycles. The van der Waals surface area contributed by atoms with Crippen LogP contribution in [0.25, 0.3) is 0 Å². The van der Waals surface area contributed by atoms with Crippen LogP contribution in [0, 0.1) is 0 Å². The second kappa shape index (κ2) is 5.72. The minimum atomic E-state index is 0.419. The first-order chi connectivity index (χ1) is 8.63. The number of piperidine rings is 1. The van der Waals surface area contributed by atoms with Crippen molar-refractivity contribution in [2.75, 3.05) is 32.1 Å². The Morgan fingerprint density at radius 2 is 2.28 bits per heavy atom. The van der Waals surface area contributed by atoms with Gasteiger partial charge in [-0.3, -0.25) is 4.79 Å². The van der Waals surface area contributed by atoms with E-state index in [2.05, 4.69) is 16.8 Å². The molecule has 0 bridgehead atoms. The summed E-state index contributed by atoms with van der Waals surface area (Å²) in [7, 11) is 4.16. The molecule has 1 atom stereocenters. The highest BCUT2D eigenvalue weighted by Crippen LogP contribution is 2.31. The predicted octanol–water partition coefficient (Wildman–Crippen LogP) is 2.68. The second-order valence-electron chi connectivity index (χ2n) is 4.96. The molecule has 0 spiro atoms. The van der Waals surface area contributed by atoms with Crippen molar-refractivity contribution in [1.29, 1.82) is 0 Å². The molecule has 1 unspecified atom stereocenters. The Bertz CT molecular complexity index is 436. The quantitative estimate of drug-likeness (QED) is 0.786. The van der Waals surface area contributed by atoms with Crippen LogP contribution in [0.1, 0.15) is 23.2 Å². The van der Waals surface area contributed by atoms with E-state index in [0.717, 1.165) is 31.5 Å². The lowest BCUT2D eigenvalue weighted by Crippen LogP contribution is -2.45. The van der Waals surface area contributed by atoms with Gasteiger partial charge in [-0.1, -0.05) is 17.7 Å². The van der Waals surface area contributed by atoms with Crippen molar-refractivity contribution in [3.05, 3.63) is 28.8 Å². The molecule has 2 rings (SSSR count). The SMILES string of the molecule is CN1CCCC(N(C)c2c(Cl)cccc2C=O)C1. The van der Waals surface area contributed by atoms with Gasteiger partial charge in [0.1, 0.15) is 0 Å². The van der Waals surface area contributed by atoms with Crippen LogP contribution in [-0.4, -0.2) is 44.4 Å². The Kier molecular flexibility index (Phi) is 4.25. The van der Waals surface area contributed by atoms with Gasteiger partial charge < -0.3 is 9.80 Å². The molecule has 1 saturated heterocycles. The zero-order valence-electron chi connectivity index (χ0n) is 10.9. The van der Waals surface area contributed by atoms with E-state index in [4.69, 9.17) is 11.6 Å². The number of anilines is 1. The Labute approximate surface area is 113 Å².